The van der Waals surface area contributed by atoms with Crippen LogP contribution >= 0.6 is 0 Å². The van der Waals surface area contributed by atoms with Crippen LogP contribution in [-0.4, -0.2) is 30.3 Å². The molecule has 1 saturated carbocycles. The van der Waals surface area contributed by atoms with Gasteiger partial charge in [0.1, 0.15) is 5.82 Å². The number of carbonyl (C=O) groups excluding carboxylic acids is 3. The van der Waals surface area contributed by atoms with Crippen molar-refractivity contribution in [2.45, 2.75) is 50.5 Å². The average molecular weight is 347 g/mol. The summed E-state index contributed by atoms with van der Waals surface area (Å²) in [4.78, 5) is 36.0. The van der Waals surface area contributed by atoms with Gasteiger partial charge in [-0.1, -0.05) is 18.9 Å². The Balaban J connectivity index is 1.53. The number of fused-ring (bicyclic) bond motifs is 1. The largest absolute Gasteiger partial charge is 0.355 e. The predicted octanol–water partition coefficient (Wildman–Crippen LogP) is 1.82. The van der Waals surface area contributed by atoms with Crippen LogP contribution in [-0.2, 0) is 14.4 Å². The van der Waals surface area contributed by atoms with E-state index in [2.05, 4.69) is 16.0 Å². The number of anilines is 1. The molecule has 3 amide bonds. The van der Waals surface area contributed by atoms with Gasteiger partial charge >= 0.3 is 0 Å². The van der Waals surface area contributed by atoms with Crippen LogP contribution in [0.25, 0.3) is 0 Å². The first-order valence-corrected chi connectivity index (χ1v) is 8.69. The number of carbonyl (C=O) groups is 3. The average Bonchev–Trinajstić information content (AvgIpc) is 3.06. The minimum Gasteiger partial charge on any atom is -0.355 e. The lowest BCUT2D eigenvalue weighted by atomic mass is 9.89. The number of rotatable bonds is 5. The fourth-order valence-electron chi connectivity index (χ4n) is 3.46. The fourth-order valence-corrected chi connectivity index (χ4v) is 3.46. The summed E-state index contributed by atoms with van der Waals surface area (Å²) in [6, 6.07) is 4.25. The van der Waals surface area contributed by atoms with E-state index in [4.69, 9.17) is 0 Å². The van der Waals surface area contributed by atoms with Gasteiger partial charge in [-0.2, -0.15) is 0 Å². The molecule has 1 fully saturated rings. The quantitative estimate of drug-likeness (QED) is 0.759. The maximum atomic E-state index is 13.3. The third-order valence-corrected chi connectivity index (χ3v) is 4.74. The first kappa shape index (κ1) is 17.4. The molecule has 1 aliphatic heterocycles. The van der Waals surface area contributed by atoms with Gasteiger partial charge in [0.25, 0.3) is 0 Å². The van der Waals surface area contributed by atoms with E-state index in [1.54, 1.807) is 0 Å². The molecule has 7 heteroatoms. The van der Waals surface area contributed by atoms with Gasteiger partial charge < -0.3 is 16.0 Å². The zero-order chi connectivity index (χ0) is 17.8. The van der Waals surface area contributed by atoms with Gasteiger partial charge in [-0.3, -0.25) is 14.4 Å². The zero-order valence-corrected chi connectivity index (χ0v) is 13.9. The second-order valence-corrected chi connectivity index (χ2v) is 6.63. The Labute approximate surface area is 145 Å². The van der Waals surface area contributed by atoms with Crippen molar-refractivity contribution in [2.75, 3.05) is 11.9 Å². The SMILES string of the molecule is O=C1CC(C(=O)NCCC(=O)NC2CCCC2)c2ccc(F)cc2N1. The summed E-state index contributed by atoms with van der Waals surface area (Å²) >= 11 is 0. The van der Waals surface area contributed by atoms with Gasteiger partial charge in [0.2, 0.25) is 17.7 Å². The molecule has 0 bridgehead atoms. The zero-order valence-electron chi connectivity index (χ0n) is 13.9. The molecular weight excluding hydrogens is 325 g/mol. The maximum absolute atomic E-state index is 13.3. The van der Waals surface area contributed by atoms with E-state index in [-0.39, 0.29) is 43.1 Å². The Morgan fingerprint density at radius 1 is 1.24 bits per heavy atom. The second-order valence-electron chi connectivity index (χ2n) is 6.63. The summed E-state index contributed by atoms with van der Waals surface area (Å²) in [5.41, 5.74) is 0.921. The van der Waals surface area contributed by atoms with E-state index in [0.29, 0.717) is 11.3 Å². The van der Waals surface area contributed by atoms with Gasteiger partial charge in [0.05, 0.1) is 5.92 Å². The standard InChI is InChI=1S/C18H22FN3O3/c19-11-5-6-13-14(10-17(24)22-15(13)9-11)18(25)20-8-7-16(23)21-12-3-1-2-4-12/h5-6,9,12,14H,1-4,7-8,10H2,(H,20,25)(H,21,23)(H,22,24). The number of hydrogen-bond acceptors (Lipinski definition) is 3. The van der Waals surface area contributed by atoms with Crippen molar-refractivity contribution in [3.8, 4) is 0 Å². The molecule has 6 nitrogen and oxygen atoms in total. The highest BCUT2D eigenvalue weighted by Gasteiger charge is 2.30. The van der Waals surface area contributed by atoms with Crippen LogP contribution in [0.2, 0.25) is 0 Å². The van der Waals surface area contributed by atoms with Crippen molar-refractivity contribution in [2.24, 2.45) is 0 Å². The van der Waals surface area contributed by atoms with Crippen LogP contribution in [0, 0.1) is 5.82 Å². The molecule has 1 atom stereocenters. The predicted molar refractivity (Wildman–Crippen MR) is 90.4 cm³/mol. The van der Waals surface area contributed by atoms with Crippen molar-refractivity contribution in [3.05, 3.63) is 29.6 Å². The molecule has 1 heterocycles. The number of halogens is 1. The summed E-state index contributed by atoms with van der Waals surface area (Å²) in [5, 5.41) is 8.25. The van der Waals surface area contributed by atoms with Crippen molar-refractivity contribution < 1.29 is 18.8 Å². The van der Waals surface area contributed by atoms with Crippen molar-refractivity contribution in [1.29, 1.82) is 0 Å². The summed E-state index contributed by atoms with van der Waals surface area (Å²) in [7, 11) is 0. The Bertz CT molecular complexity index is 686. The molecule has 0 spiro atoms. The molecule has 0 saturated heterocycles. The van der Waals surface area contributed by atoms with Crippen LogP contribution < -0.4 is 16.0 Å². The highest BCUT2D eigenvalue weighted by atomic mass is 19.1. The lowest BCUT2D eigenvalue weighted by Gasteiger charge is -2.24. The van der Waals surface area contributed by atoms with Crippen LogP contribution in [0.3, 0.4) is 0 Å². The van der Waals surface area contributed by atoms with E-state index in [9.17, 15) is 18.8 Å². The molecule has 1 aromatic rings. The molecule has 2 aliphatic rings. The van der Waals surface area contributed by atoms with E-state index in [1.165, 1.54) is 18.2 Å². The third kappa shape index (κ3) is 4.35. The first-order valence-electron chi connectivity index (χ1n) is 8.69. The lowest BCUT2D eigenvalue weighted by Crippen LogP contribution is -2.38. The molecule has 0 aromatic heterocycles. The van der Waals surface area contributed by atoms with Gasteiger partial charge in [0.15, 0.2) is 0 Å². The van der Waals surface area contributed by atoms with Crippen LogP contribution in [0.5, 0.6) is 0 Å². The summed E-state index contributed by atoms with van der Waals surface area (Å²) in [6.07, 6.45) is 4.54. The molecule has 1 aromatic carbocycles. The Hall–Kier alpha value is -2.44. The summed E-state index contributed by atoms with van der Waals surface area (Å²) < 4.78 is 13.3. The van der Waals surface area contributed by atoms with Crippen molar-refractivity contribution in [1.82, 2.24) is 10.6 Å². The van der Waals surface area contributed by atoms with Gasteiger partial charge in [0, 0.05) is 31.1 Å². The molecule has 3 N–H and O–H groups in total. The fraction of sp³-hybridized carbons (Fsp3) is 0.500. The van der Waals surface area contributed by atoms with Crippen molar-refractivity contribution >= 4 is 23.4 Å². The topological polar surface area (TPSA) is 87.3 Å². The van der Waals surface area contributed by atoms with E-state index in [0.717, 1.165) is 25.7 Å². The maximum Gasteiger partial charge on any atom is 0.228 e. The second kappa shape index (κ2) is 7.63. The Kier molecular flexibility index (Phi) is 5.31. The smallest absolute Gasteiger partial charge is 0.228 e. The minimum atomic E-state index is -0.665. The molecule has 134 valence electrons. The third-order valence-electron chi connectivity index (χ3n) is 4.74. The van der Waals surface area contributed by atoms with E-state index >= 15 is 0 Å². The van der Waals surface area contributed by atoms with Gasteiger partial charge in [-0.05, 0) is 30.5 Å². The Morgan fingerprint density at radius 3 is 2.76 bits per heavy atom. The van der Waals surface area contributed by atoms with Gasteiger partial charge in [-0.25, -0.2) is 4.39 Å². The molecule has 0 radical (unpaired) electrons. The summed E-state index contributed by atoms with van der Waals surface area (Å²) in [6.45, 7) is 0.214. The van der Waals surface area contributed by atoms with Crippen LogP contribution in [0.1, 0.15) is 50.0 Å². The molecule has 3 rings (SSSR count). The molecule has 1 aliphatic carbocycles. The number of nitrogens with one attached hydrogen (secondary N) is 3. The highest BCUT2D eigenvalue weighted by molar-refractivity contribution is 6.01. The summed E-state index contributed by atoms with van der Waals surface area (Å²) in [5.74, 6) is -1.85. The van der Waals surface area contributed by atoms with Crippen molar-refractivity contribution in [3.63, 3.8) is 0 Å². The van der Waals surface area contributed by atoms with E-state index in [1.807, 2.05) is 0 Å². The molecule has 25 heavy (non-hydrogen) atoms. The first-order chi connectivity index (χ1) is 12.0. The normalized spacial score (nSPS) is 19.9. The monoisotopic (exact) mass is 347 g/mol. The number of amides is 3. The molecular formula is C18H22FN3O3. The number of benzene rings is 1. The van der Waals surface area contributed by atoms with E-state index < -0.39 is 11.7 Å². The van der Waals surface area contributed by atoms with Crippen LogP contribution in [0.4, 0.5) is 10.1 Å². The van der Waals surface area contributed by atoms with Crippen LogP contribution in [0.15, 0.2) is 18.2 Å². The molecule has 1 unspecified atom stereocenters. The minimum absolute atomic E-state index is 0.0126. The highest BCUT2D eigenvalue weighted by Crippen LogP contribution is 2.32. The van der Waals surface area contributed by atoms with Gasteiger partial charge in [-0.15, -0.1) is 0 Å². The lowest BCUT2D eigenvalue weighted by molar-refractivity contribution is -0.126. The Morgan fingerprint density at radius 2 is 2.00 bits per heavy atom. The number of hydrogen-bond donors (Lipinski definition) is 3.